The molecule has 0 bridgehead atoms. The molecule has 1 aliphatic carbocycles. The van der Waals surface area contributed by atoms with Gasteiger partial charge in [0.1, 0.15) is 0 Å². The van der Waals surface area contributed by atoms with Gasteiger partial charge in [0.2, 0.25) is 0 Å². The van der Waals surface area contributed by atoms with Crippen LogP contribution in [0.5, 0.6) is 0 Å². The van der Waals surface area contributed by atoms with Crippen LogP contribution >= 0.6 is 0 Å². The van der Waals surface area contributed by atoms with Crippen LogP contribution in [-0.4, -0.2) is 0 Å². The van der Waals surface area contributed by atoms with E-state index >= 15 is 0 Å². The monoisotopic (exact) mass is 208 g/mol. The maximum atomic E-state index is 2.30. The van der Waals surface area contributed by atoms with Crippen molar-refractivity contribution in [1.29, 1.82) is 0 Å². The SMILES string of the molecule is CC1=C(C)C(C)c2ccc3ccccc3c21. The second-order valence-electron chi connectivity index (χ2n) is 4.78. The second-order valence-corrected chi connectivity index (χ2v) is 4.78. The summed E-state index contributed by atoms with van der Waals surface area (Å²) in [6.07, 6.45) is 0. The van der Waals surface area contributed by atoms with Gasteiger partial charge in [-0.05, 0) is 41.3 Å². The zero-order valence-corrected chi connectivity index (χ0v) is 10.0. The van der Waals surface area contributed by atoms with Crippen LogP contribution in [0.4, 0.5) is 0 Å². The number of benzene rings is 2. The van der Waals surface area contributed by atoms with Crippen molar-refractivity contribution < 1.29 is 0 Å². The van der Waals surface area contributed by atoms with E-state index in [2.05, 4.69) is 57.2 Å². The van der Waals surface area contributed by atoms with Gasteiger partial charge in [-0.3, -0.25) is 0 Å². The molecule has 0 heteroatoms. The van der Waals surface area contributed by atoms with E-state index in [1.165, 1.54) is 33.0 Å². The van der Waals surface area contributed by atoms with Crippen molar-refractivity contribution in [3.05, 3.63) is 53.1 Å². The smallest absolute Gasteiger partial charge is 0.00292 e. The zero-order chi connectivity index (χ0) is 11.3. The molecular formula is C16H16. The van der Waals surface area contributed by atoms with E-state index < -0.39 is 0 Å². The molecule has 1 atom stereocenters. The van der Waals surface area contributed by atoms with Crippen LogP contribution in [0.15, 0.2) is 42.0 Å². The van der Waals surface area contributed by atoms with Crippen LogP contribution in [-0.2, 0) is 0 Å². The standard InChI is InChI=1S/C16H16/c1-10-11(2)14-9-8-13-6-4-5-7-15(13)16(14)12(10)3/h4-9,11H,1-3H3. The molecule has 0 saturated carbocycles. The van der Waals surface area contributed by atoms with Crippen LogP contribution < -0.4 is 0 Å². The van der Waals surface area contributed by atoms with Gasteiger partial charge in [0.05, 0.1) is 0 Å². The number of fused-ring (bicyclic) bond motifs is 3. The van der Waals surface area contributed by atoms with Crippen LogP contribution in [0.25, 0.3) is 16.3 Å². The Labute approximate surface area is 96.6 Å². The molecule has 0 heterocycles. The Kier molecular flexibility index (Phi) is 1.94. The largest absolute Gasteiger partial charge is 0.0625 e. The summed E-state index contributed by atoms with van der Waals surface area (Å²) in [6.45, 7) is 6.82. The molecule has 0 N–H and O–H groups in total. The van der Waals surface area contributed by atoms with Crippen molar-refractivity contribution in [3.63, 3.8) is 0 Å². The molecule has 3 rings (SSSR count). The van der Waals surface area contributed by atoms with E-state index in [0.717, 1.165) is 0 Å². The van der Waals surface area contributed by atoms with Crippen molar-refractivity contribution in [1.82, 2.24) is 0 Å². The van der Waals surface area contributed by atoms with Gasteiger partial charge in [-0.1, -0.05) is 48.9 Å². The van der Waals surface area contributed by atoms with Gasteiger partial charge < -0.3 is 0 Å². The Morgan fingerprint density at radius 1 is 0.938 bits per heavy atom. The van der Waals surface area contributed by atoms with Gasteiger partial charge in [0, 0.05) is 5.92 Å². The topological polar surface area (TPSA) is 0 Å². The Morgan fingerprint density at radius 2 is 1.69 bits per heavy atom. The fourth-order valence-electron chi connectivity index (χ4n) is 2.82. The molecular weight excluding hydrogens is 192 g/mol. The van der Waals surface area contributed by atoms with Crippen LogP contribution in [0, 0.1) is 0 Å². The molecule has 0 nitrogen and oxygen atoms in total. The minimum absolute atomic E-state index is 0.583. The number of rotatable bonds is 0. The van der Waals surface area contributed by atoms with E-state index in [1.54, 1.807) is 0 Å². The number of hydrogen-bond acceptors (Lipinski definition) is 0. The molecule has 1 aliphatic rings. The normalized spacial score (nSPS) is 19.3. The molecule has 0 amide bonds. The minimum Gasteiger partial charge on any atom is -0.0625 e. The highest BCUT2D eigenvalue weighted by molar-refractivity contribution is 5.97. The third kappa shape index (κ3) is 1.10. The highest BCUT2D eigenvalue weighted by atomic mass is 14.3. The van der Waals surface area contributed by atoms with Gasteiger partial charge >= 0.3 is 0 Å². The van der Waals surface area contributed by atoms with Crippen molar-refractivity contribution in [2.75, 3.05) is 0 Å². The first-order valence-electron chi connectivity index (χ1n) is 5.89. The van der Waals surface area contributed by atoms with Crippen molar-refractivity contribution in [2.24, 2.45) is 0 Å². The predicted molar refractivity (Wildman–Crippen MR) is 70.6 cm³/mol. The van der Waals surface area contributed by atoms with Crippen molar-refractivity contribution in [3.8, 4) is 0 Å². The van der Waals surface area contributed by atoms with Gasteiger partial charge in [-0.15, -0.1) is 0 Å². The van der Waals surface area contributed by atoms with Gasteiger partial charge in [0.15, 0.2) is 0 Å². The molecule has 1 unspecified atom stereocenters. The Hall–Kier alpha value is -1.56. The first-order chi connectivity index (χ1) is 7.70. The quantitative estimate of drug-likeness (QED) is 0.586. The first kappa shape index (κ1) is 9.65. The summed E-state index contributed by atoms with van der Waals surface area (Å²) >= 11 is 0. The van der Waals surface area contributed by atoms with E-state index in [0.29, 0.717) is 5.92 Å². The molecule has 0 fully saturated rings. The molecule has 2 aromatic rings. The van der Waals surface area contributed by atoms with Crippen molar-refractivity contribution >= 4 is 16.3 Å². The van der Waals surface area contributed by atoms with E-state index in [1.807, 2.05) is 0 Å². The lowest BCUT2D eigenvalue weighted by atomic mass is 9.95. The second kappa shape index (κ2) is 3.21. The highest BCUT2D eigenvalue weighted by Crippen LogP contribution is 2.44. The van der Waals surface area contributed by atoms with E-state index in [-0.39, 0.29) is 0 Å². The minimum atomic E-state index is 0.583. The molecule has 0 radical (unpaired) electrons. The summed E-state index contributed by atoms with van der Waals surface area (Å²) in [5.41, 5.74) is 5.96. The predicted octanol–water partition coefficient (Wildman–Crippen LogP) is 4.75. The summed E-state index contributed by atoms with van der Waals surface area (Å²) in [5, 5.41) is 2.75. The summed E-state index contributed by atoms with van der Waals surface area (Å²) in [7, 11) is 0. The third-order valence-electron chi connectivity index (χ3n) is 4.04. The number of hydrogen-bond donors (Lipinski definition) is 0. The Morgan fingerprint density at radius 3 is 2.50 bits per heavy atom. The highest BCUT2D eigenvalue weighted by Gasteiger charge is 2.24. The average molecular weight is 208 g/mol. The maximum absolute atomic E-state index is 2.30. The molecule has 0 aliphatic heterocycles. The van der Waals surface area contributed by atoms with Crippen LogP contribution in [0.1, 0.15) is 37.8 Å². The lowest BCUT2D eigenvalue weighted by molar-refractivity contribution is 0.921. The number of allylic oxidation sites excluding steroid dienone is 2. The van der Waals surface area contributed by atoms with E-state index in [4.69, 9.17) is 0 Å². The molecule has 0 spiro atoms. The fraction of sp³-hybridized carbons (Fsp3) is 0.250. The molecule has 2 aromatic carbocycles. The molecule has 0 aromatic heterocycles. The zero-order valence-electron chi connectivity index (χ0n) is 10.0. The van der Waals surface area contributed by atoms with Crippen LogP contribution in [0.2, 0.25) is 0 Å². The Balaban J connectivity index is 2.45. The molecule has 0 saturated heterocycles. The fourth-order valence-corrected chi connectivity index (χ4v) is 2.82. The average Bonchev–Trinajstić information content (AvgIpc) is 2.55. The summed E-state index contributed by atoms with van der Waals surface area (Å²) in [4.78, 5) is 0. The molecule has 16 heavy (non-hydrogen) atoms. The Bertz CT molecular complexity index is 602. The van der Waals surface area contributed by atoms with Crippen molar-refractivity contribution in [2.45, 2.75) is 26.7 Å². The summed E-state index contributed by atoms with van der Waals surface area (Å²) in [6, 6.07) is 13.2. The van der Waals surface area contributed by atoms with Crippen LogP contribution in [0.3, 0.4) is 0 Å². The van der Waals surface area contributed by atoms with E-state index in [9.17, 15) is 0 Å². The molecule has 80 valence electrons. The third-order valence-corrected chi connectivity index (χ3v) is 4.04. The van der Waals surface area contributed by atoms with Gasteiger partial charge in [-0.2, -0.15) is 0 Å². The maximum Gasteiger partial charge on any atom is 0.00292 e. The summed E-state index contributed by atoms with van der Waals surface area (Å²) < 4.78 is 0. The van der Waals surface area contributed by atoms with Gasteiger partial charge in [0.25, 0.3) is 0 Å². The lowest BCUT2D eigenvalue weighted by Gasteiger charge is -2.09. The lowest BCUT2D eigenvalue weighted by Crippen LogP contribution is -1.90. The first-order valence-corrected chi connectivity index (χ1v) is 5.89. The van der Waals surface area contributed by atoms with Gasteiger partial charge in [-0.25, -0.2) is 0 Å². The summed E-state index contributed by atoms with van der Waals surface area (Å²) in [5.74, 6) is 0.583.